The third-order valence-corrected chi connectivity index (χ3v) is 8.18. The van der Waals surface area contributed by atoms with Crippen LogP contribution in [0.2, 0.25) is 0 Å². The van der Waals surface area contributed by atoms with Crippen LogP contribution in [0.25, 0.3) is 6.08 Å². The summed E-state index contributed by atoms with van der Waals surface area (Å²) in [7, 11) is -3.06. The number of sulfone groups is 1. The molecule has 36 heavy (non-hydrogen) atoms. The van der Waals surface area contributed by atoms with Gasteiger partial charge in [0.2, 0.25) is 0 Å². The van der Waals surface area contributed by atoms with Crippen molar-refractivity contribution < 1.29 is 21.9 Å². The number of rotatable bonds is 5. The lowest BCUT2D eigenvalue weighted by Crippen LogP contribution is -2.23. The Morgan fingerprint density at radius 1 is 1.14 bits per heavy atom. The molecule has 0 spiro atoms. The molecule has 188 valence electrons. The fraction of sp³-hybridized carbons (Fsp3) is 0.346. The molecule has 1 N–H and O–H groups in total. The Morgan fingerprint density at radius 3 is 2.67 bits per heavy atom. The zero-order valence-corrected chi connectivity index (χ0v) is 20.8. The molecule has 1 aromatic heterocycles. The summed E-state index contributed by atoms with van der Waals surface area (Å²) in [6.07, 6.45) is 8.57. The van der Waals surface area contributed by atoms with Gasteiger partial charge in [0, 0.05) is 29.2 Å². The topological polar surface area (TPSA) is 93.5 Å². The van der Waals surface area contributed by atoms with Gasteiger partial charge in [0.15, 0.2) is 11.6 Å². The highest BCUT2D eigenvalue weighted by atomic mass is 32.2. The van der Waals surface area contributed by atoms with Crippen molar-refractivity contribution in [2.75, 3.05) is 23.4 Å². The van der Waals surface area contributed by atoms with Gasteiger partial charge >= 0.3 is 6.01 Å². The zero-order valence-electron chi connectivity index (χ0n) is 20.0. The van der Waals surface area contributed by atoms with Gasteiger partial charge in [-0.1, -0.05) is 23.8 Å². The summed E-state index contributed by atoms with van der Waals surface area (Å²) in [5, 5.41) is 3.14. The molecule has 0 unspecified atom stereocenters. The maximum atomic E-state index is 15.2. The highest BCUT2D eigenvalue weighted by molar-refractivity contribution is 7.91. The number of halogens is 2. The predicted molar refractivity (Wildman–Crippen MR) is 135 cm³/mol. The molecule has 0 bridgehead atoms. The molecule has 10 heteroatoms. The molecule has 0 radical (unpaired) electrons. The monoisotopic (exact) mass is 512 g/mol. The van der Waals surface area contributed by atoms with Crippen LogP contribution in [0.5, 0.6) is 11.8 Å². The number of hydrogen-bond donors (Lipinski definition) is 1. The largest absolute Gasteiger partial charge is 0.421 e. The number of fused-ring (bicyclic) bond motifs is 1. The summed E-state index contributed by atoms with van der Waals surface area (Å²) >= 11 is 0. The first kappa shape index (κ1) is 24.3. The van der Waals surface area contributed by atoms with E-state index >= 15 is 4.39 Å². The molecule has 1 fully saturated rings. The van der Waals surface area contributed by atoms with Gasteiger partial charge in [-0.2, -0.15) is 9.97 Å². The second-order valence-electron chi connectivity index (χ2n) is 9.26. The van der Waals surface area contributed by atoms with Gasteiger partial charge in [-0.15, -0.1) is 0 Å². The van der Waals surface area contributed by atoms with Gasteiger partial charge in [0.1, 0.15) is 27.3 Å². The van der Waals surface area contributed by atoms with Crippen LogP contribution in [0.15, 0.2) is 46.5 Å². The molecule has 0 saturated carbocycles. The van der Waals surface area contributed by atoms with Crippen molar-refractivity contribution >= 4 is 27.6 Å². The maximum Gasteiger partial charge on any atom is 0.324 e. The predicted octanol–water partition coefficient (Wildman–Crippen LogP) is 5.13. The van der Waals surface area contributed by atoms with Gasteiger partial charge < -0.3 is 10.1 Å². The first-order valence-corrected chi connectivity index (χ1v) is 13.6. The van der Waals surface area contributed by atoms with Crippen molar-refractivity contribution in [3.63, 3.8) is 0 Å². The number of aliphatic imine (C=N–C) groups is 1. The van der Waals surface area contributed by atoms with E-state index in [0.717, 1.165) is 17.2 Å². The van der Waals surface area contributed by atoms with Gasteiger partial charge in [-0.25, -0.2) is 17.2 Å². The van der Waals surface area contributed by atoms with E-state index in [1.54, 1.807) is 12.1 Å². The number of hydrogen-bond acceptors (Lipinski definition) is 7. The minimum Gasteiger partial charge on any atom is -0.421 e. The summed E-state index contributed by atoms with van der Waals surface area (Å²) < 4.78 is 59.4. The van der Waals surface area contributed by atoms with Crippen LogP contribution in [0.3, 0.4) is 0 Å². The molecule has 5 rings (SSSR count). The fourth-order valence-corrected chi connectivity index (χ4v) is 6.14. The Labute approximate surface area is 208 Å². The molecule has 1 aromatic carbocycles. The SMILES string of the molecule is C/C=C/C1=CC(Nc2cc(C3CCS(=O)(=O)CC3)nc(Oc3cc(F)c4c(c3F)C=C(C)C4)n2)=NC1. The average Bonchev–Trinajstić information content (AvgIpc) is 3.44. The van der Waals surface area contributed by atoms with Crippen molar-refractivity contribution in [1.82, 2.24) is 9.97 Å². The van der Waals surface area contributed by atoms with E-state index in [4.69, 9.17) is 4.74 Å². The van der Waals surface area contributed by atoms with Crippen molar-refractivity contribution in [2.24, 2.45) is 4.99 Å². The van der Waals surface area contributed by atoms with Crippen LogP contribution in [-0.4, -0.2) is 42.3 Å². The maximum absolute atomic E-state index is 15.2. The van der Waals surface area contributed by atoms with Crippen LogP contribution in [0.1, 0.15) is 49.4 Å². The van der Waals surface area contributed by atoms with Gasteiger partial charge in [-0.05, 0) is 44.8 Å². The number of allylic oxidation sites excluding steroid dienone is 2. The van der Waals surface area contributed by atoms with Crippen molar-refractivity contribution in [2.45, 2.75) is 39.0 Å². The van der Waals surface area contributed by atoms with E-state index in [1.165, 1.54) is 0 Å². The second kappa shape index (κ2) is 9.57. The first-order chi connectivity index (χ1) is 17.2. The second-order valence-corrected chi connectivity index (χ2v) is 11.6. The molecule has 3 aliphatic rings. The lowest BCUT2D eigenvalue weighted by molar-refractivity contribution is 0.402. The van der Waals surface area contributed by atoms with Crippen molar-refractivity contribution in [3.05, 3.63) is 70.0 Å². The van der Waals surface area contributed by atoms with Crippen molar-refractivity contribution in [1.29, 1.82) is 0 Å². The smallest absolute Gasteiger partial charge is 0.324 e. The molecule has 2 aliphatic heterocycles. The molecule has 7 nitrogen and oxygen atoms in total. The summed E-state index contributed by atoms with van der Waals surface area (Å²) in [6, 6.07) is 2.59. The molecule has 0 atom stereocenters. The average molecular weight is 513 g/mol. The Morgan fingerprint density at radius 2 is 1.92 bits per heavy atom. The Hall–Kier alpha value is -3.40. The van der Waals surface area contributed by atoms with Crippen molar-refractivity contribution in [3.8, 4) is 11.8 Å². The molecule has 1 saturated heterocycles. The van der Waals surface area contributed by atoms with Crippen LogP contribution in [-0.2, 0) is 16.3 Å². The minimum absolute atomic E-state index is 0.0686. The third kappa shape index (κ3) is 5.09. The highest BCUT2D eigenvalue weighted by Gasteiger charge is 2.28. The molecule has 3 heterocycles. The normalized spacial score (nSPS) is 19.2. The number of nitrogens with zero attached hydrogens (tertiary/aromatic N) is 3. The van der Waals surface area contributed by atoms with Crippen LogP contribution in [0, 0.1) is 11.6 Å². The van der Waals surface area contributed by atoms with E-state index < -0.39 is 21.5 Å². The standard InChI is InChI=1S/C26H26F2N4O3S/c1-3-4-16-11-23(29-14-16)31-24-13-21(17-5-7-36(33,34)8-6-17)30-26(32-24)35-22-12-20(27)18-9-15(2)10-19(18)25(22)28/h3-4,10-13,17H,5-9,14H2,1-2H3,(H,29,30,31,32)/b4-3+. The molecule has 0 amide bonds. The number of aromatic nitrogens is 2. The molecule has 1 aliphatic carbocycles. The fourth-order valence-electron chi connectivity index (χ4n) is 4.65. The van der Waals surface area contributed by atoms with E-state index in [9.17, 15) is 12.8 Å². The van der Waals surface area contributed by atoms with Crippen LogP contribution >= 0.6 is 0 Å². The minimum atomic E-state index is -3.06. The molecular weight excluding hydrogens is 486 g/mol. The first-order valence-electron chi connectivity index (χ1n) is 11.8. The summed E-state index contributed by atoms with van der Waals surface area (Å²) in [5.74, 6) is -0.555. The number of anilines is 1. The Kier molecular flexibility index (Phi) is 6.46. The summed E-state index contributed by atoms with van der Waals surface area (Å²) in [5.41, 5.74) is 2.95. The quantitative estimate of drug-likeness (QED) is 0.597. The lowest BCUT2D eigenvalue weighted by Gasteiger charge is -2.22. The lowest BCUT2D eigenvalue weighted by atomic mass is 9.98. The zero-order chi connectivity index (χ0) is 25.4. The third-order valence-electron chi connectivity index (χ3n) is 6.46. The van der Waals surface area contributed by atoms with E-state index in [-0.39, 0.29) is 34.7 Å². The highest BCUT2D eigenvalue weighted by Crippen LogP contribution is 2.37. The Bertz CT molecular complexity index is 1450. The van der Waals surface area contributed by atoms with E-state index in [2.05, 4.69) is 20.3 Å². The molecular formula is C26H26F2N4O3S. The van der Waals surface area contributed by atoms with Gasteiger partial charge in [-0.3, -0.25) is 4.99 Å². The van der Waals surface area contributed by atoms with E-state index in [1.807, 2.05) is 32.1 Å². The van der Waals surface area contributed by atoms with Crippen LogP contribution in [0.4, 0.5) is 14.6 Å². The number of nitrogens with one attached hydrogen (secondary N) is 1. The molecule has 2 aromatic rings. The van der Waals surface area contributed by atoms with Gasteiger partial charge in [0.05, 0.1) is 23.7 Å². The Balaban J connectivity index is 1.48. The summed E-state index contributed by atoms with van der Waals surface area (Å²) in [4.78, 5) is 13.3. The number of benzene rings is 1. The van der Waals surface area contributed by atoms with E-state index in [0.29, 0.717) is 48.7 Å². The van der Waals surface area contributed by atoms with Crippen LogP contribution < -0.4 is 10.1 Å². The number of amidine groups is 1. The number of ether oxygens (including phenoxy) is 1. The summed E-state index contributed by atoms with van der Waals surface area (Å²) in [6.45, 7) is 4.27. The van der Waals surface area contributed by atoms with Gasteiger partial charge in [0.25, 0.3) is 0 Å².